The Labute approximate surface area is 160 Å². The third kappa shape index (κ3) is 15.2. The Bertz CT molecular complexity index is 414. The molecule has 2 unspecified atom stereocenters. The highest BCUT2D eigenvalue weighted by molar-refractivity contribution is 14.0. The molecular formula is C16H36IN3O2S. The fourth-order valence-corrected chi connectivity index (χ4v) is 2.94. The summed E-state index contributed by atoms with van der Waals surface area (Å²) in [6, 6.07) is 0.0863. The molecule has 0 radical (unpaired) electrons. The fraction of sp³-hybridized carbons (Fsp3) is 0.938. The van der Waals surface area contributed by atoms with E-state index < -0.39 is 9.84 Å². The van der Waals surface area contributed by atoms with Gasteiger partial charge in [-0.3, -0.25) is 4.99 Å². The van der Waals surface area contributed by atoms with Crippen LogP contribution in [-0.4, -0.2) is 45.5 Å². The van der Waals surface area contributed by atoms with Gasteiger partial charge < -0.3 is 10.6 Å². The summed E-state index contributed by atoms with van der Waals surface area (Å²) >= 11 is 0. The molecule has 0 saturated carbocycles. The number of nitrogens with one attached hydrogen (secondary N) is 2. The van der Waals surface area contributed by atoms with Crippen molar-refractivity contribution in [2.45, 2.75) is 65.8 Å². The van der Waals surface area contributed by atoms with Gasteiger partial charge in [0.25, 0.3) is 0 Å². The van der Waals surface area contributed by atoms with Crippen LogP contribution in [0.4, 0.5) is 0 Å². The largest absolute Gasteiger partial charge is 0.357 e. The van der Waals surface area contributed by atoms with Gasteiger partial charge >= 0.3 is 0 Å². The van der Waals surface area contributed by atoms with E-state index >= 15 is 0 Å². The van der Waals surface area contributed by atoms with Crippen molar-refractivity contribution < 1.29 is 8.42 Å². The fourth-order valence-electron chi connectivity index (χ4n) is 2.15. The molecule has 7 heteroatoms. The molecule has 0 fully saturated rings. The normalized spacial score (nSPS) is 14.7. The molecular weight excluding hydrogens is 425 g/mol. The van der Waals surface area contributed by atoms with Gasteiger partial charge in [-0.15, -0.1) is 24.0 Å². The lowest BCUT2D eigenvalue weighted by atomic mass is 10.00. The number of aliphatic imine (C=N–C) groups is 1. The van der Waals surface area contributed by atoms with Crippen molar-refractivity contribution in [3.8, 4) is 0 Å². The molecule has 0 rings (SSSR count). The predicted octanol–water partition coefficient (Wildman–Crippen LogP) is 3.20. The molecule has 2 N–H and O–H groups in total. The second kappa shape index (κ2) is 14.3. The van der Waals surface area contributed by atoms with Crippen LogP contribution < -0.4 is 10.6 Å². The molecule has 0 saturated heterocycles. The minimum absolute atomic E-state index is 0. The highest BCUT2D eigenvalue weighted by Gasteiger charge is 2.10. The topological polar surface area (TPSA) is 70.6 Å². The molecule has 140 valence electrons. The molecule has 0 amide bonds. The van der Waals surface area contributed by atoms with E-state index in [1.807, 2.05) is 13.8 Å². The average molecular weight is 461 g/mol. The smallest absolute Gasteiger partial charge is 0.191 e. The van der Waals surface area contributed by atoms with E-state index in [0.717, 1.165) is 25.5 Å². The van der Waals surface area contributed by atoms with Gasteiger partial charge in [0.15, 0.2) is 5.96 Å². The quantitative estimate of drug-likeness (QED) is 0.282. The van der Waals surface area contributed by atoms with Crippen LogP contribution in [0.2, 0.25) is 0 Å². The monoisotopic (exact) mass is 461 g/mol. The number of halogens is 1. The summed E-state index contributed by atoms with van der Waals surface area (Å²) < 4.78 is 22.5. The van der Waals surface area contributed by atoms with Crippen molar-refractivity contribution in [2.24, 2.45) is 10.9 Å². The summed E-state index contributed by atoms with van der Waals surface area (Å²) in [5.41, 5.74) is 0. The van der Waals surface area contributed by atoms with Gasteiger partial charge in [0.1, 0.15) is 9.84 Å². The summed E-state index contributed by atoms with van der Waals surface area (Å²) in [5.74, 6) is 1.62. The van der Waals surface area contributed by atoms with Gasteiger partial charge in [-0.05, 0) is 32.6 Å². The SMILES string of the molecule is CCCCC(CC)CN=C(NCC)NC(C)CCS(C)(=O)=O.I. The molecule has 0 aromatic carbocycles. The molecule has 0 aromatic rings. The number of rotatable bonds is 11. The van der Waals surface area contributed by atoms with Gasteiger partial charge in [-0.25, -0.2) is 8.42 Å². The van der Waals surface area contributed by atoms with Gasteiger partial charge in [0.05, 0.1) is 5.75 Å². The maximum Gasteiger partial charge on any atom is 0.191 e. The van der Waals surface area contributed by atoms with E-state index in [4.69, 9.17) is 0 Å². The highest BCUT2D eigenvalue weighted by Crippen LogP contribution is 2.12. The average Bonchev–Trinajstić information content (AvgIpc) is 2.44. The molecule has 0 aliphatic carbocycles. The Morgan fingerprint density at radius 1 is 1.17 bits per heavy atom. The molecule has 0 heterocycles. The van der Waals surface area contributed by atoms with Crippen molar-refractivity contribution in [3.05, 3.63) is 0 Å². The van der Waals surface area contributed by atoms with Crippen molar-refractivity contribution in [3.63, 3.8) is 0 Å². The van der Waals surface area contributed by atoms with Gasteiger partial charge in [0.2, 0.25) is 0 Å². The predicted molar refractivity (Wildman–Crippen MR) is 112 cm³/mol. The Balaban J connectivity index is 0. The molecule has 0 bridgehead atoms. The Hall–Kier alpha value is -0.0500. The molecule has 2 atom stereocenters. The molecule has 0 aromatic heterocycles. The van der Waals surface area contributed by atoms with Crippen molar-refractivity contribution in [1.82, 2.24) is 10.6 Å². The lowest BCUT2D eigenvalue weighted by Gasteiger charge is -2.19. The number of sulfone groups is 1. The molecule has 5 nitrogen and oxygen atoms in total. The zero-order valence-electron chi connectivity index (χ0n) is 15.4. The van der Waals surface area contributed by atoms with E-state index in [0.29, 0.717) is 12.3 Å². The molecule has 0 aliphatic heterocycles. The van der Waals surface area contributed by atoms with Crippen molar-refractivity contribution in [2.75, 3.05) is 25.1 Å². The Kier molecular flexibility index (Phi) is 15.7. The van der Waals surface area contributed by atoms with Crippen LogP contribution in [0.3, 0.4) is 0 Å². The summed E-state index contributed by atoms with van der Waals surface area (Å²) in [7, 11) is -2.91. The zero-order chi connectivity index (χ0) is 17.0. The van der Waals surface area contributed by atoms with E-state index in [-0.39, 0.29) is 35.8 Å². The Morgan fingerprint density at radius 3 is 2.30 bits per heavy atom. The summed E-state index contributed by atoms with van der Waals surface area (Å²) in [4.78, 5) is 4.67. The van der Waals surface area contributed by atoms with E-state index in [1.165, 1.54) is 25.5 Å². The summed E-state index contributed by atoms with van der Waals surface area (Å²) in [5, 5.41) is 6.54. The van der Waals surface area contributed by atoms with Crippen LogP contribution in [0, 0.1) is 5.92 Å². The van der Waals surface area contributed by atoms with Gasteiger partial charge in [-0.2, -0.15) is 0 Å². The second-order valence-electron chi connectivity index (χ2n) is 6.10. The second-order valence-corrected chi connectivity index (χ2v) is 8.36. The first kappa shape index (κ1) is 25.2. The minimum atomic E-state index is -2.91. The standard InChI is InChI=1S/C16H35N3O2S.HI/c1-6-9-10-15(7-2)13-18-16(17-8-3)19-14(4)11-12-22(5,20)21;/h14-15H,6-13H2,1-5H3,(H2,17,18,19);1H. The van der Waals surface area contributed by atoms with Crippen LogP contribution in [0.1, 0.15) is 59.8 Å². The molecule has 23 heavy (non-hydrogen) atoms. The maximum absolute atomic E-state index is 11.2. The highest BCUT2D eigenvalue weighted by atomic mass is 127. The minimum Gasteiger partial charge on any atom is -0.357 e. The van der Waals surface area contributed by atoms with Crippen molar-refractivity contribution >= 4 is 39.8 Å². The number of guanidine groups is 1. The van der Waals surface area contributed by atoms with E-state index in [1.54, 1.807) is 0 Å². The van der Waals surface area contributed by atoms with Crippen LogP contribution in [0.15, 0.2) is 4.99 Å². The Morgan fingerprint density at radius 2 is 1.83 bits per heavy atom. The first-order chi connectivity index (χ1) is 10.3. The number of unbranched alkanes of at least 4 members (excludes halogenated alkanes) is 1. The van der Waals surface area contributed by atoms with Crippen LogP contribution in [-0.2, 0) is 9.84 Å². The van der Waals surface area contributed by atoms with Crippen LogP contribution in [0.25, 0.3) is 0 Å². The number of hydrogen-bond donors (Lipinski definition) is 2. The molecule has 0 aliphatic rings. The van der Waals surface area contributed by atoms with Crippen LogP contribution in [0.5, 0.6) is 0 Å². The third-order valence-corrected chi connectivity index (χ3v) is 4.68. The lowest BCUT2D eigenvalue weighted by Crippen LogP contribution is -2.43. The first-order valence-corrected chi connectivity index (χ1v) is 10.6. The van der Waals surface area contributed by atoms with Gasteiger partial charge in [-0.1, -0.05) is 33.1 Å². The van der Waals surface area contributed by atoms with E-state index in [2.05, 4.69) is 29.5 Å². The maximum atomic E-state index is 11.2. The van der Waals surface area contributed by atoms with Crippen LogP contribution >= 0.6 is 24.0 Å². The first-order valence-electron chi connectivity index (χ1n) is 8.54. The number of hydrogen-bond acceptors (Lipinski definition) is 3. The third-order valence-electron chi connectivity index (χ3n) is 3.70. The molecule has 0 spiro atoms. The lowest BCUT2D eigenvalue weighted by molar-refractivity contribution is 0.460. The number of nitrogens with zero attached hydrogens (tertiary/aromatic N) is 1. The zero-order valence-corrected chi connectivity index (χ0v) is 18.5. The van der Waals surface area contributed by atoms with E-state index in [9.17, 15) is 8.42 Å². The summed E-state index contributed by atoms with van der Waals surface area (Å²) in [6.45, 7) is 10.1. The summed E-state index contributed by atoms with van der Waals surface area (Å²) in [6.07, 6.45) is 6.71. The van der Waals surface area contributed by atoms with Crippen molar-refractivity contribution in [1.29, 1.82) is 0 Å². The van der Waals surface area contributed by atoms with Gasteiger partial charge in [0, 0.05) is 25.4 Å².